The number of ether oxygens (including phenoxy) is 2. The van der Waals surface area contributed by atoms with Gasteiger partial charge in [-0.3, -0.25) is 28.8 Å². The van der Waals surface area contributed by atoms with E-state index >= 15 is 0 Å². The van der Waals surface area contributed by atoms with Gasteiger partial charge in [-0.05, 0) is 70.9 Å². The Morgan fingerprint density at radius 1 is 0.400 bits per heavy atom. The molecule has 0 radical (unpaired) electrons. The maximum atomic E-state index is 13.2. The van der Waals surface area contributed by atoms with E-state index in [0.717, 1.165) is 51.4 Å². The lowest BCUT2D eigenvalue weighted by Gasteiger charge is -2.30. The Bertz CT molecular complexity index is 1380. The van der Waals surface area contributed by atoms with Crippen LogP contribution >= 0.6 is 0 Å². The lowest BCUT2D eigenvalue weighted by Crippen LogP contribution is -2.61. The van der Waals surface area contributed by atoms with Gasteiger partial charge in [-0.25, -0.2) is 0 Å². The molecule has 0 bridgehead atoms. The van der Waals surface area contributed by atoms with Crippen LogP contribution in [0.5, 0.6) is 0 Å². The molecule has 1 saturated heterocycles. The van der Waals surface area contributed by atoms with Crippen LogP contribution in [0.1, 0.15) is 278 Å². The van der Waals surface area contributed by atoms with Crippen molar-refractivity contribution in [1.82, 2.24) is 31.1 Å². The summed E-state index contributed by atoms with van der Waals surface area (Å²) in [6.07, 6.45) is 42.4. The average Bonchev–Trinajstić information content (AvgIpc) is 3.40. The van der Waals surface area contributed by atoms with E-state index in [4.69, 9.17) is 9.47 Å². The monoisotopic (exact) mass is 1060 g/mol. The topological polar surface area (TPSA) is 175 Å². The van der Waals surface area contributed by atoms with Gasteiger partial charge in [0.2, 0.25) is 23.6 Å². The molecular formula is C61H116N6O8. The summed E-state index contributed by atoms with van der Waals surface area (Å²) in [7, 11) is 1.38. The summed E-state index contributed by atoms with van der Waals surface area (Å²) in [6.45, 7) is 12.0. The molecule has 0 aromatic carbocycles. The average molecular weight is 1060 g/mol. The lowest BCUT2D eigenvalue weighted by atomic mass is 10.0. The largest absolute Gasteiger partial charge is 0.469 e. The number of hydrogen-bond donors (Lipinski definition) is 4. The van der Waals surface area contributed by atoms with Crippen molar-refractivity contribution in [2.45, 2.75) is 290 Å². The standard InChI is InChI=1S/C61H116N6O8/c1-5-8-11-14-17-20-23-26-29-34-45-62-56(68)41-49-66(51-43-58(70)74-4)47-36-32-39-54-60(72)65-55(61(73)64-54)40-33-37-48-67(50-42-57(69)63-46-35-30-27-24-21-18-15-12-9-6-2)52-44-59(71)75-53-38-31-28-25-22-19-16-13-10-7-3/h54-55H,5-53H2,1-4H3,(H,62,68)(H,63,69)(H,64,73)(H,65,72). The molecule has 1 aliphatic heterocycles. The van der Waals surface area contributed by atoms with Crippen LogP contribution < -0.4 is 21.3 Å². The molecule has 1 fully saturated rings. The van der Waals surface area contributed by atoms with E-state index in [-0.39, 0.29) is 48.4 Å². The van der Waals surface area contributed by atoms with Crippen molar-refractivity contribution in [2.24, 2.45) is 0 Å². The zero-order chi connectivity index (χ0) is 54.7. The summed E-state index contributed by atoms with van der Waals surface area (Å²) < 4.78 is 10.5. The predicted molar refractivity (Wildman–Crippen MR) is 307 cm³/mol. The lowest BCUT2D eigenvalue weighted by molar-refractivity contribution is -0.144. The quantitative estimate of drug-likeness (QED) is 0.0339. The van der Waals surface area contributed by atoms with Crippen LogP contribution in [0.2, 0.25) is 0 Å². The van der Waals surface area contributed by atoms with Gasteiger partial charge in [0.15, 0.2) is 0 Å². The van der Waals surface area contributed by atoms with Gasteiger partial charge in [0.05, 0.1) is 26.6 Å². The number of carbonyl (C=O) groups is 6. The van der Waals surface area contributed by atoms with E-state index in [2.05, 4.69) is 51.8 Å². The molecule has 438 valence electrons. The minimum absolute atomic E-state index is 0.0172. The number of carbonyl (C=O) groups excluding carboxylic acids is 6. The Labute approximate surface area is 459 Å². The highest BCUT2D eigenvalue weighted by molar-refractivity contribution is 5.96. The van der Waals surface area contributed by atoms with Gasteiger partial charge in [-0.1, -0.05) is 194 Å². The molecule has 0 saturated carbocycles. The van der Waals surface area contributed by atoms with E-state index in [0.29, 0.717) is 97.5 Å². The molecule has 14 heteroatoms. The number of rotatable bonds is 55. The van der Waals surface area contributed by atoms with Crippen LogP contribution in [0, 0.1) is 0 Å². The van der Waals surface area contributed by atoms with Crippen molar-refractivity contribution in [3.05, 3.63) is 0 Å². The van der Waals surface area contributed by atoms with Crippen molar-refractivity contribution in [3.8, 4) is 0 Å². The van der Waals surface area contributed by atoms with Gasteiger partial charge in [-0.2, -0.15) is 0 Å². The first-order chi connectivity index (χ1) is 36.6. The molecule has 0 spiro atoms. The van der Waals surface area contributed by atoms with E-state index < -0.39 is 12.1 Å². The van der Waals surface area contributed by atoms with Gasteiger partial charge < -0.3 is 40.5 Å². The second-order valence-electron chi connectivity index (χ2n) is 21.8. The van der Waals surface area contributed by atoms with Crippen molar-refractivity contribution in [2.75, 3.05) is 66.1 Å². The molecule has 2 atom stereocenters. The molecule has 1 heterocycles. The van der Waals surface area contributed by atoms with Crippen LogP contribution in [0.25, 0.3) is 0 Å². The number of amides is 4. The predicted octanol–water partition coefficient (Wildman–Crippen LogP) is 12.2. The molecule has 0 aromatic rings. The maximum Gasteiger partial charge on any atom is 0.307 e. The molecule has 2 unspecified atom stereocenters. The second kappa shape index (κ2) is 51.5. The zero-order valence-electron chi connectivity index (χ0n) is 49.0. The number of unbranched alkanes of at least 4 members (excludes halogenated alkanes) is 29. The smallest absolute Gasteiger partial charge is 0.307 e. The third-order valence-electron chi connectivity index (χ3n) is 15.0. The molecule has 75 heavy (non-hydrogen) atoms. The molecule has 1 aliphatic rings. The Morgan fingerprint density at radius 3 is 1.08 bits per heavy atom. The molecule has 1 rings (SSSR count). The highest BCUT2D eigenvalue weighted by Gasteiger charge is 2.33. The van der Waals surface area contributed by atoms with Gasteiger partial charge in [-0.15, -0.1) is 0 Å². The number of methoxy groups -OCH3 is 1. The normalized spacial score (nSPS) is 14.5. The number of esters is 2. The van der Waals surface area contributed by atoms with Crippen LogP contribution in [0.15, 0.2) is 0 Å². The molecular weight excluding hydrogens is 945 g/mol. The van der Waals surface area contributed by atoms with Crippen LogP contribution in [-0.4, -0.2) is 124 Å². The Kier molecular flexibility index (Phi) is 47.9. The first kappa shape index (κ1) is 69.8. The van der Waals surface area contributed by atoms with Gasteiger partial charge >= 0.3 is 11.9 Å². The molecule has 4 N–H and O–H groups in total. The molecule has 0 aromatic heterocycles. The number of nitrogens with zero attached hydrogens (tertiary/aromatic N) is 2. The van der Waals surface area contributed by atoms with E-state index in [1.807, 2.05) is 0 Å². The summed E-state index contributed by atoms with van der Waals surface area (Å²) in [5, 5.41) is 12.1. The molecule has 0 aliphatic carbocycles. The molecule has 14 nitrogen and oxygen atoms in total. The minimum atomic E-state index is -0.607. The van der Waals surface area contributed by atoms with E-state index in [1.165, 1.54) is 161 Å². The summed E-state index contributed by atoms with van der Waals surface area (Å²) in [4.78, 5) is 80.9. The van der Waals surface area contributed by atoms with E-state index in [1.54, 1.807) is 0 Å². The number of piperazine rings is 1. The number of nitrogens with one attached hydrogen (secondary N) is 4. The van der Waals surface area contributed by atoms with E-state index in [9.17, 15) is 28.8 Å². The fraction of sp³-hybridized carbons (Fsp3) is 0.902. The third-order valence-corrected chi connectivity index (χ3v) is 15.0. The van der Waals surface area contributed by atoms with Crippen molar-refractivity contribution in [1.29, 1.82) is 0 Å². The summed E-state index contributed by atoms with van der Waals surface area (Å²) in [5.41, 5.74) is 0. The van der Waals surface area contributed by atoms with Crippen molar-refractivity contribution in [3.63, 3.8) is 0 Å². The second-order valence-corrected chi connectivity index (χ2v) is 21.8. The number of hydrogen-bond acceptors (Lipinski definition) is 10. The third kappa shape index (κ3) is 43.4. The zero-order valence-corrected chi connectivity index (χ0v) is 49.0. The first-order valence-corrected chi connectivity index (χ1v) is 31.4. The first-order valence-electron chi connectivity index (χ1n) is 31.4. The SMILES string of the molecule is CCCCCCCCCCCCNC(=O)CCN(CCCCC1NC(=O)C(CCCCN(CCC(=O)NCCCCCCCCCCCC)CCC(=O)OCCCCCCCCCCCC)NC1=O)CCC(=O)OC. The summed E-state index contributed by atoms with van der Waals surface area (Å²) in [6, 6.07) is -1.21. The maximum absolute atomic E-state index is 13.2. The van der Waals surface area contributed by atoms with Crippen molar-refractivity contribution < 1.29 is 38.2 Å². The Morgan fingerprint density at radius 2 is 0.720 bits per heavy atom. The Balaban J connectivity index is 2.50. The van der Waals surface area contributed by atoms with Crippen LogP contribution in [0.4, 0.5) is 0 Å². The van der Waals surface area contributed by atoms with Gasteiger partial charge in [0.1, 0.15) is 12.1 Å². The minimum Gasteiger partial charge on any atom is -0.469 e. The summed E-state index contributed by atoms with van der Waals surface area (Å²) >= 11 is 0. The fourth-order valence-electron chi connectivity index (χ4n) is 9.95. The van der Waals surface area contributed by atoms with Gasteiger partial charge in [0, 0.05) is 52.1 Å². The van der Waals surface area contributed by atoms with Crippen molar-refractivity contribution >= 4 is 35.6 Å². The fourth-order valence-corrected chi connectivity index (χ4v) is 9.95. The molecule has 4 amide bonds. The highest BCUT2D eigenvalue weighted by atomic mass is 16.5. The van der Waals surface area contributed by atoms with Gasteiger partial charge in [0.25, 0.3) is 0 Å². The highest BCUT2D eigenvalue weighted by Crippen LogP contribution is 2.15. The van der Waals surface area contributed by atoms with Crippen LogP contribution in [0.3, 0.4) is 0 Å². The summed E-state index contributed by atoms with van der Waals surface area (Å²) in [5.74, 6) is -0.806. The van der Waals surface area contributed by atoms with Crippen LogP contribution in [-0.2, 0) is 38.2 Å². The Hall–Kier alpha value is -3.26.